The van der Waals surface area contributed by atoms with E-state index in [9.17, 15) is 4.79 Å². The van der Waals surface area contributed by atoms with E-state index in [0.717, 1.165) is 16.9 Å². The molecule has 0 saturated heterocycles. The Balaban J connectivity index is 1.69. The number of hydrogen-bond acceptors (Lipinski definition) is 2. The molecule has 3 aromatic carbocycles. The Labute approximate surface area is 166 Å². The maximum absolute atomic E-state index is 13.2. The molecule has 3 rings (SSSR count). The van der Waals surface area contributed by atoms with E-state index in [4.69, 9.17) is 0 Å². The summed E-state index contributed by atoms with van der Waals surface area (Å²) in [6.45, 7) is 3.27. The zero-order valence-corrected chi connectivity index (χ0v) is 16.4. The molecule has 0 saturated carbocycles. The minimum Gasteiger partial charge on any atom is -0.333 e. The van der Waals surface area contributed by atoms with Crippen molar-refractivity contribution < 1.29 is 4.79 Å². The van der Waals surface area contributed by atoms with Crippen LogP contribution in [0.15, 0.2) is 91.0 Å². The third kappa shape index (κ3) is 6.00. The van der Waals surface area contributed by atoms with Crippen molar-refractivity contribution in [3.05, 3.63) is 108 Å². The van der Waals surface area contributed by atoms with Crippen molar-refractivity contribution in [2.75, 3.05) is 0 Å². The molecule has 0 heterocycles. The van der Waals surface area contributed by atoms with Crippen LogP contribution in [0, 0.1) is 0 Å². The van der Waals surface area contributed by atoms with E-state index in [2.05, 4.69) is 36.4 Å². The second-order valence-electron chi connectivity index (χ2n) is 6.60. The summed E-state index contributed by atoms with van der Waals surface area (Å²) in [6.07, 6.45) is 0. The number of carbonyl (C=O) groups excluding carboxylic acids is 1. The fourth-order valence-corrected chi connectivity index (χ4v) is 3.87. The SMILES string of the molecule is C[C@@H](SCc1ccccc1)C(=O)N(Cc1ccccc1)Cc1ccccc1. The Bertz CT molecular complexity index is 779. The number of nitrogens with zero attached hydrogens (tertiary/aromatic N) is 1. The van der Waals surface area contributed by atoms with Gasteiger partial charge in [-0.15, -0.1) is 11.8 Å². The van der Waals surface area contributed by atoms with Gasteiger partial charge >= 0.3 is 0 Å². The van der Waals surface area contributed by atoms with Crippen molar-refractivity contribution in [3.8, 4) is 0 Å². The predicted molar refractivity (Wildman–Crippen MR) is 114 cm³/mol. The lowest BCUT2D eigenvalue weighted by Crippen LogP contribution is -2.35. The number of amides is 1. The molecular formula is C24H25NOS. The molecule has 3 heteroatoms. The molecule has 1 amide bonds. The molecule has 27 heavy (non-hydrogen) atoms. The van der Waals surface area contributed by atoms with Crippen molar-refractivity contribution in [2.45, 2.75) is 31.0 Å². The second kappa shape index (κ2) is 9.98. The van der Waals surface area contributed by atoms with E-state index < -0.39 is 0 Å². The largest absolute Gasteiger partial charge is 0.333 e. The van der Waals surface area contributed by atoms with Crippen LogP contribution in [0.25, 0.3) is 0 Å². The van der Waals surface area contributed by atoms with Crippen LogP contribution in [0.1, 0.15) is 23.6 Å². The average Bonchev–Trinajstić information content (AvgIpc) is 2.73. The molecule has 0 aliphatic heterocycles. The maximum Gasteiger partial charge on any atom is 0.236 e. The molecule has 0 aliphatic rings. The number of benzene rings is 3. The van der Waals surface area contributed by atoms with Gasteiger partial charge in [0.05, 0.1) is 5.25 Å². The average molecular weight is 376 g/mol. The quantitative estimate of drug-likeness (QED) is 0.515. The lowest BCUT2D eigenvalue weighted by Gasteiger charge is -2.26. The van der Waals surface area contributed by atoms with Gasteiger partial charge in [0.2, 0.25) is 5.91 Å². The molecule has 2 nitrogen and oxygen atoms in total. The van der Waals surface area contributed by atoms with Gasteiger partial charge in [-0.1, -0.05) is 91.0 Å². The molecule has 0 radical (unpaired) electrons. The fraction of sp³-hybridized carbons (Fsp3) is 0.208. The third-order valence-electron chi connectivity index (χ3n) is 4.43. The number of rotatable bonds is 8. The Morgan fingerprint density at radius 3 is 1.59 bits per heavy atom. The first-order chi connectivity index (χ1) is 13.2. The Morgan fingerprint density at radius 1 is 0.741 bits per heavy atom. The van der Waals surface area contributed by atoms with Gasteiger partial charge < -0.3 is 4.90 Å². The van der Waals surface area contributed by atoms with E-state index >= 15 is 0 Å². The molecule has 0 aliphatic carbocycles. The van der Waals surface area contributed by atoms with E-state index in [1.165, 1.54) is 5.56 Å². The van der Waals surface area contributed by atoms with Crippen molar-refractivity contribution in [2.24, 2.45) is 0 Å². The smallest absolute Gasteiger partial charge is 0.236 e. The summed E-state index contributed by atoms with van der Waals surface area (Å²) in [5, 5.41) is -0.0855. The van der Waals surface area contributed by atoms with Crippen LogP contribution in [-0.2, 0) is 23.6 Å². The fourth-order valence-electron chi connectivity index (χ4n) is 2.94. The number of carbonyl (C=O) groups is 1. The summed E-state index contributed by atoms with van der Waals surface area (Å²) in [7, 11) is 0. The highest BCUT2D eigenvalue weighted by Crippen LogP contribution is 2.21. The first-order valence-corrected chi connectivity index (χ1v) is 10.3. The Hall–Kier alpha value is -2.52. The predicted octanol–water partition coefficient (Wildman–Crippen LogP) is 5.54. The van der Waals surface area contributed by atoms with E-state index in [0.29, 0.717) is 13.1 Å². The lowest BCUT2D eigenvalue weighted by molar-refractivity contribution is -0.131. The van der Waals surface area contributed by atoms with Crippen LogP contribution in [0.3, 0.4) is 0 Å². The molecule has 3 aromatic rings. The summed E-state index contributed by atoms with van der Waals surface area (Å²) in [4.78, 5) is 15.1. The van der Waals surface area contributed by atoms with Gasteiger partial charge in [0.1, 0.15) is 0 Å². The van der Waals surface area contributed by atoms with Crippen molar-refractivity contribution in [3.63, 3.8) is 0 Å². The minimum atomic E-state index is -0.0855. The van der Waals surface area contributed by atoms with Crippen molar-refractivity contribution in [1.82, 2.24) is 4.90 Å². The van der Waals surface area contributed by atoms with Crippen LogP contribution in [-0.4, -0.2) is 16.1 Å². The standard InChI is InChI=1S/C24H25NOS/c1-20(27-19-23-15-9-4-10-16-23)24(26)25(17-21-11-5-2-6-12-21)18-22-13-7-3-8-14-22/h2-16,20H,17-19H2,1H3/t20-/m1/s1. The molecule has 1 atom stereocenters. The maximum atomic E-state index is 13.2. The molecule has 0 bridgehead atoms. The summed E-state index contributed by atoms with van der Waals surface area (Å²) < 4.78 is 0. The molecule has 138 valence electrons. The van der Waals surface area contributed by atoms with Gasteiger partial charge in [0.15, 0.2) is 0 Å². The highest BCUT2D eigenvalue weighted by atomic mass is 32.2. The lowest BCUT2D eigenvalue weighted by atomic mass is 10.1. The summed E-state index contributed by atoms with van der Waals surface area (Å²) >= 11 is 1.70. The molecule has 0 unspecified atom stereocenters. The normalized spacial score (nSPS) is 11.7. The first kappa shape index (κ1) is 19.2. The summed E-state index contributed by atoms with van der Waals surface area (Å²) in [6, 6.07) is 30.7. The number of hydrogen-bond donors (Lipinski definition) is 0. The molecule has 0 fully saturated rings. The zero-order valence-electron chi connectivity index (χ0n) is 15.6. The van der Waals surface area contributed by atoms with Gasteiger partial charge in [-0.3, -0.25) is 4.79 Å². The van der Waals surface area contributed by atoms with E-state index in [1.807, 2.05) is 66.4 Å². The van der Waals surface area contributed by atoms with Crippen molar-refractivity contribution in [1.29, 1.82) is 0 Å². The third-order valence-corrected chi connectivity index (χ3v) is 5.64. The highest BCUT2D eigenvalue weighted by molar-refractivity contribution is 7.99. The van der Waals surface area contributed by atoms with Crippen LogP contribution in [0.4, 0.5) is 0 Å². The van der Waals surface area contributed by atoms with Gasteiger partial charge in [0.25, 0.3) is 0 Å². The zero-order chi connectivity index (χ0) is 18.9. The molecular weight excluding hydrogens is 350 g/mol. The first-order valence-electron chi connectivity index (χ1n) is 9.24. The van der Waals surface area contributed by atoms with Gasteiger partial charge in [-0.05, 0) is 23.6 Å². The Morgan fingerprint density at radius 2 is 1.15 bits per heavy atom. The Kier molecular flexibility index (Phi) is 7.11. The van der Waals surface area contributed by atoms with Crippen LogP contribution in [0.5, 0.6) is 0 Å². The number of thioether (sulfide) groups is 1. The van der Waals surface area contributed by atoms with Crippen LogP contribution < -0.4 is 0 Å². The van der Waals surface area contributed by atoms with Gasteiger partial charge in [0, 0.05) is 18.8 Å². The van der Waals surface area contributed by atoms with Gasteiger partial charge in [-0.25, -0.2) is 0 Å². The monoisotopic (exact) mass is 375 g/mol. The molecule has 0 N–H and O–H groups in total. The van der Waals surface area contributed by atoms with Crippen LogP contribution in [0.2, 0.25) is 0 Å². The van der Waals surface area contributed by atoms with E-state index in [-0.39, 0.29) is 11.2 Å². The topological polar surface area (TPSA) is 20.3 Å². The van der Waals surface area contributed by atoms with Gasteiger partial charge in [-0.2, -0.15) is 0 Å². The van der Waals surface area contributed by atoms with E-state index in [1.54, 1.807) is 11.8 Å². The van der Waals surface area contributed by atoms with Crippen LogP contribution >= 0.6 is 11.8 Å². The second-order valence-corrected chi connectivity index (χ2v) is 7.93. The summed E-state index contributed by atoms with van der Waals surface area (Å²) in [5.41, 5.74) is 3.56. The summed E-state index contributed by atoms with van der Waals surface area (Å²) in [5.74, 6) is 1.03. The molecule has 0 aromatic heterocycles. The minimum absolute atomic E-state index is 0.0855. The highest BCUT2D eigenvalue weighted by Gasteiger charge is 2.21. The van der Waals surface area contributed by atoms with Crippen molar-refractivity contribution >= 4 is 17.7 Å². The molecule has 0 spiro atoms.